The summed E-state index contributed by atoms with van der Waals surface area (Å²) < 4.78 is 5.76. The number of amides is 2. The molecule has 1 spiro atoms. The zero-order chi connectivity index (χ0) is 15.8. The zero-order valence-corrected chi connectivity index (χ0v) is 14.0. The smallest absolute Gasteiger partial charge is 0.235 e. The molecule has 6 nitrogen and oxygen atoms in total. The van der Waals surface area contributed by atoms with Crippen LogP contribution in [0.1, 0.15) is 34.1 Å². The Labute approximate surface area is 130 Å². The molecule has 0 aromatic carbocycles. The molecule has 2 saturated heterocycles. The number of rotatable bonds is 4. The van der Waals surface area contributed by atoms with Gasteiger partial charge in [0.25, 0.3) is 0 Å². The van der Waals surface area contributed by atoms with Gasteiger partial charge in [0.2, 0.25) is 11.8 Å². The van der Waals surface area contributed by atoms with Crippen molar-refractivity contribution < 1.29 is 14.3 Å². The number of ether oxygens (including phenoxy) is 1. The first-order valence-electron chi connectivity index (χ1n) is 7.27. The maximum Gasteiger partial charge on any atom is 0.235 e. The third-order valence-electron chi connectivity index (χ3n) is 3.57. The third kappa shape index (κ3) is 4.11. The predicted molar refractivity (Wildman–Crippen MR) is 82.8 cm³/mol. The number of hydrogen-bond donors (Lipinski definition) is 2. The van der Waals surface area contributed by atoms with Gasteiger partial charge in [-0.3, -0.25) is 14.9 Å². The summed E-state index contributed by atoms with van der Waals surface area (Å²) >= 11 is 1.68. The van der Waals surface area contributed by atoms with E-state index in [0.717, 1.165) is 0 Å². The minimum atomic E-state index is -0.323. The molecule has 0 bridgehead atoms. The fourth-order valence-electron chi connectivity index (χ4n) is 2.75. The second-order valence-electron chi connectivity index (χ2n) is 6.90. The van der Waals surface area contributed by atoms with Crippen molar-refractivity contribution in [3.05, 3.63) is 0 Å². The van der Waals surface area contributed by atoms with Crippen LogP contribution in [0.25, 0.3) is 0 Å². The van der Waals surface area contributed by atoms with E-state index in [1.54, 1.807) is 11.8 Å². The van der Waals surface area contributed by atoms with E-state index in [2.05, 4.69) is 5.32 Å². The first-order valence-corrected chi connectivity index (χ1v) is 8.25. The molecule has 2 amide bonds. The molecule has 2 fully saturated rings. The van der Waals surface area contributed by atoms with Crippen LogP contribution in [0, 0.1) is 0 Å². The highest BCUT2D eigenvalue weighted by Gasteiger charge is 2.51. The largest absolute Gasteiger partial charge is 0.372 e. The fourth-order valence-corrected chi connectivity index (χ4v) is 4.20. The van der Waals surface area contributed by atoms with Crippen molar-refractivity contribution in [3.63, 3.8) is 0 Å². The highest BCUT2D eigenvalue weighted by Crippen LogP contribution is 2.38. The first-order chi connectivity index (χ1) is 9.60. The third-order valence-corrected chi connectivity index (χ3v) is 5.00. The Morgan fingerprint density at radius 2 is 2.10 bits per heavy atom. The van der Waals surface area contributed by atoms with Crippen molar-refractivity contribution in [3.8, 4) is 0 Å². The molecule has 0 saturated carbocycles. The molecular weight excluding hydrogens is 290 g/mol. The van der Waals surface area contributed by atoms with Crippen LogP contribution in [0.4, 0.5) is 0 Å². The van der Waals surface area contributed by atoms with E-state index in [4.69, 9.17) is 10.5 Å². The van der Waals surface area contributed by atoms with Gasteiger partial charge in [-0.05, 0) is 27.7 Å². The first kappa shape index (κ1) is 16.6. The number of carbonyl (C=O) groups is 2. The quantitative estimate of drug-likeness (QED) is 0.780. The molecule has 2 atom stereocenters. The lowest BCUT2D eigenvalue weighted by molar-refractivity contribution is -0.142. The van der Waals surface area contributed by atoms with Gasteiger partial charge in [-0.2, -0.15) is 0 Å². The average molecular weight is 315 g/mol. The topological polar surface area (TPSA) is 84.7 Å². The van der Waals surface area contributed by atoms with Crippen LogP contribution >= 0.6 is 11.8 Å². The van der Waals surface area contributed by atoms with Crippen LogP contribution in [0.3, 0.4) is 0 Å². The molecule has 2 aliphatic rings. The highest BCUT2D eigenvalue weighted by molar-refractivity contribution is 8.01. The summed E-state index contributed by atoms with van der Waals surface area (Å²) in [5.41, 5.74) is 5.06. The van der Waals surface area contributed by atoms with E-state index in [1.807, 2.05) is 32.6 Å². The Kier molecular flexibility index (Phi) is 4.56. The van der Waals surface area contributed by atoms with Crippen LogP contribution in [0.2, 0.25) is 0 Å². The van der Waals surface area contributed by atoms with Gasteiger partial charge in [-0.25, -0.2) is 0 Å². The number of thioether (sulfide) groups is 1. The van der Waals surface area contributed by atoms with Gasteiger partial charge in [-0.15, -0.1) is 11.8 Å². The number of nitrogens with zero attached hydrogens (tertiary/aromatic N) is 1. The van der Waals surface area contributed by atoms with Crippen LogP contribution in [0.5, 0.6) is 0 Å². The number of hydrogen-bond acceptors (Lipinski definition) is 5. The lowest BCUT2D eigenvalue weighted by atomic mass is 10.1. The second-order valence-corrected chi connectivity index (χ2v) is 8.30. The van der Waals surface area contributed by atoms with E-state index in [-0.39, 0.29) is 34.4 Å². The summed E-state index contributed by atoms with van der Waals surface area (Å²) in [4.78, 5) is 25.0. The van der Waals surface area contributed by atoms with Gasteiger partial charge in [0, 0.05) is 5.75 Å². The lowest BCUT2D eigenvalue weighted by Gasteiger charge is -2.47. The van der Waals surface area contributed by atoms with Gasteiger partial charge in [-0.1, -0.05) is 0 Å². The van der Waals surface area contributed by atoms with Gasteiger partial charge in [0.05, 0.1) is 37.3 Å². The van der Waals surface area contributed by atoms with E-state index in [9.17, 15) is 9.59 Å². The number of nitrogens with one attached hydrogen (secondary N) is 1. The van der Waals surface area contributed by atoms with Crippen molar-refractivity contribution in [1.29, 1.82) is 0 Å². The Morgan fingerprint density at radius 3 is 2.57 bits per heavy atom. The maximum absolute atomic E-state index is 12.2. The maximum atomic E-state index is 12.2. The lowest BCUT2D eigenvalue weighted by Crippen LogP contribution is -2.68. The van der Waals surface area contributed by atoms with Crippen molar-refractivity contribution in [2.75, 3.05) is 18.8 Å². The standard InChI is InChI=1S/C14H25N3O3S/c1-9(20-13(2,3)4)5-11(18)17-7-14(8-17)16-10(6-21-14)12(15)19/h9-10,16H,5-8H2,1-4H3,(H2,15,19)/t9-,10+/m1/s1. The molecule has 0 radical (unpaired) electrons. The average Bonchev–Trinajstić information content (AvgIpc) is 2.68. The molecule has 0 aromatic heterocycles. The van der Waals surface area contributed by atoms with Crippen LogP contribution in [0.15, 0.2) is 0 Å². The molecule has 120 valence electrons. The predicted octanol–water partition coefficient (Wildman–Crippen LogP) is 0.309. The summed E-state index contributed by atoms with van der Waals surface area (Å²) in [6.07, 6.45) is 0.286. The second kappa shape index (κ2) is 5.78. The normalized spacial score (nSPS) is 25.7. The van der Waals surface area contributed by atoms with Crippen LogP contribution < -0.4 is 11.1 Å². The van der Waals surface area contributed by atoms with Gasteiger partial charge in [0.1, 0.15) is 4.87 Å². The number of carbonyl (C=O) groups excluding carboxylic acids is 2. The Bertz CT molecular complexity index is 430. The molecule has 2 heterocycles. The molecular formula is C14H25N3O3S. The van der Waals surface area contributed by atoms with Gasteiger partial charge < -0.3 is 15.4 Å². The SMILES string of the molecule is C[C@H](CC(=O)N1CC2(C1)N[C@H](C(N)=O)CS2)OC(C)(C)C. The van der Waals surface area contributed by atoms with Crippen molar-refractivity contribution >= 4 is 23.6 Å². The van der Waals surface area contributed by atoms with Crippen molar-refractivity contribution in [1.82, 2.24) is 10.2 Å². The number of likely N-dealkylation sites (tertiary alicyclic amines) is 1. The molecule has 21 heavy (non-hydrogen) atoms. The Morgan fingerprint density at radius 1 is 1.48 bits per heavy atom. The summed E-state index contributed by atoms with van der Waals surface area (Å²) in [5.74, 6) is 0.458. The molecule has 3 N–H and O–H groups in total. The summed E-state index contributed by atoms with van der Waals surface area (Å²) in [6, 6.07) is -0.282. The van der Waals surface area contributed by atoms with Crippen molar-refractivity contribution in [2.24, 2.45) is 5.73 Å². The Hall–Kier alpha value is -0.790. The highest BCUT2D eigenvalue weighted by atomic mass is 32.2. The monoisotopic (exact) mass is 315 g/mol. The number of nitrogens with two attached hydrogens (primary N) is 1. The number of primary amides is 1. The molecule has 7 heteroatoms. The van der Waals surface area contributed by atoms with E-state index in [0.29, 0.717) is 25.3 Å². The fraction of sp³-hybridized carbons (Fsp3) is 0.857. The minimum absolute atomic E-state index is 0.0994. The minimum Gasteiger partial charge on any atom is -0.372 e. The van der Waals surface area contributed by atoms with Crippen LogP contribution in [-0.2, 0) is 14.3 Å². The Balaban J connectivity index is 1.77. The molecule has 0 aromatic rings. The summed E-state index contributed by atoms with van der Waals surface area (Å²) in [5, 5.41) is 3.24. The van der Waals surface area contributed by atoms with Crippen LogP contribution in [-0.4, -0.2) is 58.2 Å². The molecule has 0 aliphatic carbocycles. The van der Waals surface area contributed by atoms with E-state index in [1.165, 1.54) is 0 Å². The van der Waals surface area contributed by atoms with E-state index < -0.39 is 0 Å². The molecule has 2 rings (SSSR count). The molecule has 2 aliphatic heterocycles. The van der Waals surface area contributed by atoms with Crippen molar-refractivity contribution in [2.45, 2.75) is 56.7 Å². The summed E-state index contributed by atoms with van der Waals surface area (Å²) in [7, 11) is 0. The molecule has 0 unspecified atom stereocenters. The van der Waals surface area contributed by atoms with E-state index >= 15 is 0 Å². The van der Waals surface area contributed by atoms with Gasteiger partial charge in [0.15, 0.2) is 0 Å². The van der Waals surface area contributed by atoms with Gasteiger partial charge >= 0.3 is 0 Å². The zero-order valence-electron chi connectivity index (χ0n) is 13.1. The summed E-state index contributed by atoms with van der Waals surface area (Å²) in [6.45, 7) is 9.12.